The second-order valence-corrected chi connectivity index (χ2v) is 5.94. The highest BCUT2D eigenvalue weighted by atomic mass is 32.1. The summed E-state index contributed by atoms with van der Waals surface area (Å²) < 4.78 is 0. The fourth-order valence-corrected chi connectivity index (χ4v) is 2.25. The lowest BCUT2D eigenvalue weighted by Crippen LogP contribution is -2.25. The Morgan fingerprint density at radius 2 is 2.22 bits per heavy atom. The maximum Gasteiger partial charge on any atom is 0.265 e. The van der Waals surface area contributed by atoms with Gasteiger partial charge in [0.05, 0.1) is 0 Å². The molecule has 1 aromatic heterocycles. The van der Waals surface area contributed by atoms with E-state index < -0.39 is 0 Å². The van der Waals surface area contributed by atoms with Gasteiger partial charge in [-0.25, -0.2) is 4.98 Å². The molecule has 0 radical (unpaired) electrons. The molecular weight excluding hydrogens is 248 g/mol. The van der Waals surface area contributed by atoms with Gasteiger partial charge >= 0.3 is 0 Å². The number of carbonyl (C=O) groups is 1. The van der Waals surface area contributed by atoms with Crippen LogP contribution in [-0.2, 0) is 0 Å². The highest BCUT2D eigenvalue weighted by Crippen LogP contribution is 2.26. The number of nitrogens with one attached hydrogen (secondary N) is 2. The second kappa shape index (κ2) is 5.86. The van der Waals surface area contributed by atoms with Crippen LogP contribution >= 0.6 is 11.3 Å². The molecule has 1 rings (SSSR count). The molecule has 0 aliphatic heterocycles. The van der Waals surface area contributed by atoms with Gasteiger partial charge in [0.25, 0.3) is 5.91 Å². The number of thiazole rings is 1. The number of nitrogens with zero attached hydrogens (tertiary/aromatic N) is 1. The number of amides is 1. The molecule has 0 atom stereocenters. The number of hydrogen-bond donors (Lipinski definition) is 3. The van der Waals surface area contributed by atoms with E-state index in [1.54, 1.807) is 6.08 Å². The minimum absolute atomic E-state index is 0.110. The van der Waals surface area contributed by atoms with Crippen molar-refractivity contribution in [2.24, 2.45) is 0 Å². The van der Waals surface area contributed by atoms with Crippen molar-refractivity contribution in [3.63, 3.8) is 0 Å². The zero-order valence-electron chi connectivity index (χ0n) is 11.0. The van der Waals surface area contributed by atoms with Crippen molar-refractivity contribution in [3.8, 4) is 0 Å². The van der Waals surface area contributed by atoms with Gasteiger partial charge in [-0.15, -0.1) is 6.58 Å². The van der Waals surface area contributed by atoms with E-state index in [0.717, 1.165) is 6.42 Å². The molecule has 1 amide bonds. The van der Waals surface area contributed by atoms with Gasteiger partial charge < -0.3 is 16.4 Å². The molecule has 1 aromatic rings. The zero-order valence-corrected chi connectivity index (χ0v) is 11.9. The van der Waals surface area contributed by atoms with E-state index in [-0.39, 0.29) is 17.3 Å². The first kappa shape index (κ1) is 14.5. The third-order valence-electron chi connectivity index (χ3n) is 1.98. The van der Waals surface area contributed by atoms with E-state index >= 15 is 0 Å². The summed E-state index contributed by atoms with van der Waals surface area (Å²) in [6.07, 6.45) is 2.49. The molecule has 4 N–H and O–H groups in total. The predicted molar refractivity (Wildman–Crippen MR) is 77.0 cm³/mol. The summed E-state index contributed by atoms with van der Waals surface area (Å²) in [7, 11) is 0. The van der Waals surface area contributed by atoms with Crippen molar-refractivity contribution in [2.75, 3.05) is 17.6 Å². The second-order valence-electron chi connectivity index (χ2n) is 4.94. The lowest BCUT2D eigenvalue weighted by molar-refractivity contribution is 0.0959. The number of aromatic nitrogens is 1. The van der Waals surface area contributed by atoms with E-state index in [1.807, 2.05) is 20.8 Å². The van der Waals surface area contributed by atoms with Crippen molar-refractivity contribution in [2.45, 2.75) is 32.7 Å². The Bertz CT molecular complexity index is 434. The van der Waals surface area contributed by atoms with Crippen LogP contribution in [0.2, 0.25) is 0 Å². The van der Waals surface area contributed by atoms with Crippen LogP contribution < -0.4 is 16.4 Å². The average Bonchev–Trinajstić information content (AvgIpc) is 2.57. The number of nitrogen functional groups attached to an aromatic ring is 1. The summed E-state index contributed by atoms with van der Waals surface area (Å²) in [5.74, 6) is 0.0802. The molecule has 0 unspecified atom stereocenters. The Morgan fingerprint density at radius 1 is 1.56 bits per heavy atom. The van der Waals surface area contributed by atoms with Crippen molar-refractivity contribution in [3.05, 3.63) is 17.5 Å². The monoisotopic (exact) mass is 268 g/mol. The molecule has 0 fully saturated rings. The molecular formula is C12H20N4OS. The van der Waals surface area contributed by atoms with Crippen LogP contribution in [0.3, 0.4) is 0 Å². The Morgan fingerprint density at radius 3 is 2.78 bits per heavy atom. The van der Waals surface area contributed by atoms with Gasteiger partial charge in [0.2, 0.25) is 0 Å². The molecule has 5 nitrogen and oxygen atoms in total. The maximum absolute atomic E-state index is 11.8. The van der Waals surface area contributed by atoms with Gasteiger partial charge in [-0.05, 0) is 27.2 Å². The minimum Gasteiger partial charge on any atom is -0.382 e. The van der Waals surface area contributed by atoms with Gasteiger partial charge in [0, 0.05) is 12.1 Å². The van der Waals surface area contributed by atoms with Crippen molar-refractivity contribution in [1.82, 2.24) is 10.3 Å². The van der Waals surface area contributed by atoms with E-state index in [4.69, 9.17) is 5.73 Å². The maximum atomic E-state index is 11.8. The van der Waals surface area contributed by atoms with Gasteiger partial charge in [-0.1, -0.05) is 17.4 Å². The van der Waals surface area contributed by atoms with E-state index in [1.165, 1.54) is 11.3 Å². The van der Waals surface area contributed by atoms with Crippen molar-refractivity contribution < 1.29 is 4.79 Å². The van der Waals surface area contributed by atoms with Gasteiger partial charge in [-0.3, -0.25) is 4.79 Å². The van der Waals surface area contributed by atoms with Crippen LogP contribution in [0.15, 0.2) is 12.7 Å². The van der Waals surface area contributed by atoms with Crippen LogP contribution in [-0.4, -0.2) is 23.0 Å². The van der Waals surface area contributed by atoms with Gasteiger partial charge in [-0.2, -0.15) is 0 Å². The minimum atomic E-state index is -0.186. The Balaban J connectivity index is 2.72. The largest absolute Gasteiger partial charge is 0.382 e. The fourth-order valence-electron chi connectivity index (χ4n) is 1.24. The predicted octanol–water partition coefficient (Wildman–Crippen LogP) is 2.24. The number of rotatable bonds is 5. The van der Waals surface area contributed by atoms with Crippen LogP contribution in [0.25, 0.3) is 0 Å². The molecule has 1 heterocycles. The highest BCUT2D eigenvalue weighted by Gasteiger charge is 2.18. The summed E-state index contributed by atoms with van der Waals surface area (Å²) in [6, 6.07) is 0. The molecule has 0 spiro atoms. The topological polar surface area (TPSA) is 80.0 Å². The van der Waals surface area contributed by atoms with Crippen LogP contribution in [0.4, 0.5) is 10.9 Å². The summed E-state index contributed by atoms with van der Waals surface area (Å²) in [4.78, 5) is 16.4. The van der Waals surface area contributed by atoms with Gasteiger partial charge in [0.1, 0.15) is 10.7 Å². The third-order valence-corrected chi connectivity index (χ3v) is 2.96. The van der Waals surface area contributed by atoms with Crippen LogP contribution in [0.1, 0.15) is 36.9 Å². The molecule has 0 bridgehead atoms. The molecule has 0 aliphatic rings. The molecule has 100 valence electrons. The van der Waals surface area contributed by atoms with Crippen LogP contribution in [0.5, 0.6) is 0 Å². The first-order valence-corrected chi connectivity index (χ1v) is 6.58. The smallest absolute Gasteiger partial charge is 0.265 e. The molecule has 0 saturated carbocycles. The Kier molecular flexibility index (Phi) is 4.72. The van der Waals surface area contributed by atoms with Crippen molar-refractivity contribution in [1.29, 1.82) is 0 Å². The summed E-state index contributed by atoms with van der Waals surface area (Å²) in [5.41, 5.74) is 5.63. The first-order chi connectivity index (χ1) is 8.33. The molecule has 6 heteroatoms. The number of hydrogen-bond acceptors (Lipinski definition) is 5. The quantitative estimate of drug-likeness (QED) is 0.565. The number of anilines is 2. The Hall–Kier alpha value is -1.56. The molecule has 18 heavy (non-hydrogen) atoms. The average molecular weight is 268 g/mol. The van der Waals surface area contributed by atoms with Crippen molar-refractivity contribution >= 4 is 28.2 Å². The summed E-state index contributed by atoms with van der Waals surface area (Å²) >= 11 is 1.27. The summed E-state index contributed by atoms with van der Waals surface area (Å²) in [5, 5.41) is 6.63. The first-order valence-electron chi connectivity index (χ1n) is 5.77. The molecule has 0 aromatic carbocycles. The standard InChI is InChI=1S/C12H20N4OS/c1-5-6-7-14-10(17)8-9(13)15-11(18-8)16-12(2,3)4/h5H,1,6-7,13H2,2-4H3,(H,14,17)(H,15,16). The van der Waals surface area contributed by atoms with E-state index in [9.17, 15) is 4.79 Å². The number of carbonyl (C=O) groups excluding carboxylic acids is 1. The normalized spacial score (nSPS) is 11.1. The third kappa shape index (κ3) is 4.37. The van der Waals surface area contributed by atoms with E-state index in [0.29, 0.717) is 16.6 Å². The fraction of sp³-hybridized carbons (Fsp3) is 0.500. The zero-order chi connectivity index (χ0) is 13.8. The SMILES string of the molecule is C=CCCNC(=O)c1sc(NC(C)(C)C)nc1N. The Labute approximate surface area is 111 Å². The van der Waals surface area contributed by atoms with Crippen LogP contribution in [0, 0.1) is 0 Å². The molecule has 0 aliphatic carbocycles. The van der Waals surface area contributed by atoms with Gasteiger partial charge in [0.15, 0.2) is 5.13 Å². The van der Waals surface area contributed by atoms with E-state index in [2.05, 4.69) is 22.2 Å². The molecule has 0 saturated heterocycles. The summed E-state index contributed by atoms with van der Waals surface area (Å²) in [6.45, 7) is 10.2. The highest BCUT2D eigenvalue weighted by molar-refractivity contribution is 7.18. The number of nitrogens with two attached hydrogens (primary N) is 1. The lowest BCUT2D eigenvalue weighted by atomic mass is 10.1. The lowest BCUT2D eigenvalue weighted by Gasteiger charge is -2.19.